The lowest BCUT2D eigenvalue weighted by Gasteiger charge is -2.23. The third kappa shape index (κ3) is 6.08. The Hall–Kier alpha value is -1.69. The summed E-state index contributed by atoms with van der Waals surface area (Å²) in [5.41, 5.74) is 0.403. The Labute approximate surface area is 130 Å². The predicted molar refractivity (Wildman–Crippen MR) is 87.7 cm³/mol. The Bertz CT molecular complexity index is 512. The van der Waals surface area contributed by atoms with E-state index < -0.39 is 12.1 Å². The van der Waals surface area contributed by atoms with Gasteiger partial charge in [0.2, 0.25) is 5.91 Å². The average Bonchev–Trinajstić information content (AvgIpc) is 2.37. The molecule has 5 nitrogen and oxygen atoms in total. The lowest BCUT2D eigenvalue weighted by Crippen LogP contribution is -2.51. The van der Waals surface area contributed by atoms with E-state index in [4.69, 9.17) is 0 Å². The van der Waals surface area contributed by atoms with Gasteiger partial charge in [0, 0.05) is 10.4 Å². The maximum Gasteiger partial charge on any atom is 0.319 e. The number of rotatable bonds is 4. The molecule has 3 amide bonds. The van der Waals surface area contributed by atoms with Crippen LogP contribution >= 0.6 is 11.8 Å². The molecule has 0 aromatic heterocycles. The van der Waals surface area contributed by atoms with Crippen LogP contribution in [0.2, 0.25) is 0 Å². The Balaban J connectivity index is 2.59. The van der Waals surface area contributed by atoms with Crippen molar-refractivity contribution in [1.29, 1.82) is 0 Å². The highest BCUT2D eigenvalue weighted by Crippen LogP contribution is 2.24. The second-order valence-corrected chi connectivity index (χ2v) is 6.61. The fraction of sp³-hybridized carbons (Fsp3) is 0.467. The minimum absolute atomic E-state index is 0.212. The third-order valence-corrected chi connectivity index (χ3v) is 3.39. The maximum atomic E-state index is 11.9. The summed E-state index contributed by atoms with van der Waals surface area (Å²) >= 11 is 1.55. The monoisotopic (exact) mass is 309 g/mol. The van der Waals surface area contributed by atoms with Crippen LogP contribution in [-0.2, 0) is 4.79 Å². The molecule has 6 heteroatoms. The van der Waals surface area contributed by atoms with Crippen molar-refractivity contribution < 1.29 is 9.59 Å². The van der Waals surface area contributed by atoms with E-state index in [1.165, 1.54) is 0 Å². The predicted octanol–water partition coefficient (Wildman–Crippen LogP) is 2.83. The fourth-order valence-electron chi connectivity index (χ4n) is 1.65. The summed E-state index contributed by atoms with van der Waals surface area (Å²) in [6.07, 6.45) is 1.94. The Morgan fingerprint density at radius 1 is 1.19 bits per heavy atom. The highest BCUT2D eigenvalue weighted by atomic mass is 32.2. The number of amides is 3. The molecule has 0 aliphatic rings. The average molecular weight is 309 g/mol. The molecule has 0 saturated carbocycles. The van der Waals surface area contributed by atoms with E-state index in [2.05, 4.69) is 16.0 Å². The Morgan fingerprint density at radius 2 is 1.81 bits per heavy atom. The first-order valence-corrected chi connectivity index (χ1v) is 7.98. The number of hydrogen-bond acceptors (Lipinski definition) is 3. The molecule has 1 aromatic carbocycles. The number of para-hydroxylation sites is 1. The van der Waals surface area contributed by atoms with Crippen molar-refractivity contribution in [3.8, 4) is 0 Å². The summed E-state index contributed by atoms with van der Waals surface area (Å²) in [6, 6.07) is 6.51. The number of anilines is 1. The fourth-order valence-corrected chi connectivity index (χ4v) is 2.20. The third-order valence-electron chi connectivity index (χ3n) is 2.59. The number of carbonyl (C=O) groups is 2. The van der Waals surface area contributed by atoms with Gasteiger partial charge in [0.25, 0.3) is 0 Å². The van der Waals surface area contributed by atoms with Gasteiger partial charge in [0.15, 0.2) is 0 Å². The zero-order chi connectivity index (χ0) is 16.0. The molecule has 0 heterocycles. The quantitative estimate of drug-likeness (QED) is 0.749. The van der Waals surface area contributed by atoms with Gasteiger partial charge in [-0.15, -0.1) is 11.8 Å². The van der Waals surface area contributed by atoms with Gasteiger partial charge in [0.1, 0.15) is 6.04 Å². The van der Waals surface area contributed by atoms with E-state index in [9.17, 15) is 9.59 Å². The molecule has 0 radical (unpaired) electrons. The molecule has 1 atom stereocenters. The van der Waals surface area contributed by atoms with Gasteiger partial charge < -0.3 is 16.0 Å². The SMILES string of the molecule is CSc1ccccc1NC(=O)NC(C)C(=O)NC(C)(C)C. The van der Waals surface area contributed by atoms with Gasteiger partial charge in [-0.3, -0.25) is 4.79 Å². The second-order valence-electron chi connectivity index (χ2n) is 5.76. The molecule has 1 unspecified atom stereocenters. The molecule has 21 heavy (non-hydrogen) atoms. The van der Waals surface area contributed by atoms with Crippen molar-refractivity contribution >= 4 is 29.4 Å². The van der Waals surface area contributed by atoms with Crippen LogP contribution in [0.5, 0.6) is 0 Å². The molecule has 0 aliphatic carbocycles. The molecule has 0 bridgehead atoms. The van der Waals surface area contributed by atoms with Gasteiger partial charge in [-0.2, -0.15) is 0 Å². The minimum atomic E-state index is -0.606. The molecule has 0 fully saturated rings. The Morgan fingerprint density at radius 3 is 2.38 bits per heavy atom. The lowest BCUT2D eigenvalue weighted by atomic mass is 10.1. The van der Waals surface area contributed by atoms with Crippen molar-refractivity contribution in [2.45, 2.75) is 44.2 Å². The number of urea groups is 1. The van der Waals surface area contributed by atoms with Crippen molar-refractivity contribution in [3.05, 3.63) is 24.3 Å². The number of benzene rings is 1. The van der Waals surface area contributed by atoms with E-state index in [1.807, 2.05) is 51.3 Å². The van der Waals surface area contributed by atoms with E-state index in [0.29, 0.717) is 0 Å². The van der Waals surface area contributed by atoms with Gasteiger partial charge >= 0.3 is 6.03 Å². The van der Waals surface area contributed by atoms with Crippen LogP contribution in [0.3, 0.4) is 0 Å². The van der Waals surface area contributed by atoms with E-state index in [-0.39, 0.29) is 11.4 Å². The molecule has 0 spiro atoms. The zero-order valence-electron chi connectivity index (χ0n) is 13.1. The number of hydrogen-bond donors (Lipinski definition) is 3. The van der Waals surface area contributed by atoms with Crippen molar-refractivity contribution in [2.24, 2.45) is 0 Å². The molecule has 1 rings (SSSR count). The molecule has 3 N–H and O–H groups in total. The Kier molecular flexibility index (Phi) is 6.08. The summed E-state index contributed by atoms with van der Waals surface area (Å²) in [4.78, 5) is 24.8. The smallest absolute Gasteiger partial charge is 0.319 e. The van der Waals surface area contributed by atoms with Gasteiger partial charge in [-0.1, -0.05) is 12.1 Å². The van der Waals surface area contributed by atoms with E-state index in [1.54, 1.807) is 18.7 Å². The number of thioether (sulfide) groups is 1. The van der Waals surface area contributed by atoms with Crippen LogP contribution in [0, 0.1) is 0 Å². The summed E-state index contributed by atoms with van der Waals surface area (Å²) < 4.78 is 0. The molecule has 1 aromatic rings. The standard InChI is InChI=1S/C15H23N3O2S/c1-10(13(19)18-15(2,3)4)16-14(20)17-11-8-6-7-9-12(11)21-5/h6-10H,1-5H3,(H,18,19)(H2,16,17,20). The summed E-state index contributed by atoms with van der Waals surface area (Å²) in [6.45, 7) is 7.34. The number of nitrogens with one attached hydrogen (secondary N) is 3. The van der Waals surface area contributed by atoms with Gasteiger partial charge in [-0.05, 0) is 46.1 Å². The largest absolute Gasteiger partial charge is 0.350 e. The lowest BCUT2D eigenvalue weighted by molar-refractivity contribution is -0.123. The highest BCUT2D eigenvalue weighted by molar-refractivity contribution is 7.98. The van der Waals surface area contributed by atoms with Gasteiger partial charge in [0.05, 0.1) is 5.69 Å². The molecular weight excluding hydrogens is 286 g/mol. The molecule has 116 valence electrons. The van der Waals surface area contributed by atoms with Crippen molar-refractivity contribution in [2.75, 3.05) is 11.6 Å². The molecule has 0 saturated heterocycles. The van der Waals surface area contributed by atoms with Crippen LogP contribution in [0.1, 0.15) is 27.7 Å². The first-order valence-electron chi connectivity index (χ1n) is 6.75. The van der Waals surface area contributed by atoms with Crippen LogP contribution in [0.15, 0.2) is 29.2 Å². The first kappa shape index (κ1) is 17.4. The van der Waals surface area contributed by atoms with Crippen LogP contribution < -0.4 is 16.0 Å². The maximum absolute atomic E-state index is 11.9. The van der Waals surface area contributed by atoms with E-state index >= 15 is 0 Å². The summed E-state index contributed by atoms with van der Waals surface area (Å²) in [7, 11) is 0. The topological polar surface area (TPSA) is 70.2 Å². The normalized spacial score (nSPS) is 12.4. The van der Waals surface area contributed by atoms with Gasteiger partial charge in [-0.25, -0.2) is 4.79 Å². The minimum Gasteiger partial charge on any atom is -0.350 e. The first-order chi connectivity index (χ1) is 9.73. The second kappa shape index (κ2) is 7.36. The van der Waals surface area contributed by atoms with E-state index in [0.717, 1.165) is 10.6 Å². The van der Waals surface area contributed by atoms with Crippen molar-refractivity contribution in [1.82, 2.24) is 10.6 Å². The summed E-state index contributed by atoms with van der Waals surface area (Å²) in [5.74, 6) is -0.212. The van der Waals surface area contributed by atoms with Crippen LogP contribution in [0.4, 0.5) is 10.5 Å². The van der Waals surface area contributed by atoms with Crippen LogP contribution in [0.25, 0.3) is 0 Å². The molecular formula is C15H23N3O2S. The van der Waals surface area contributed by atoms with Crippen molar-refractivity contribution in [3.63, 3.8) is 0 Å². The summed E-state index contributed by atoms with van der Waals surface area (Å²) in [5, 5.41) is 8.21. The number of carbonyl (C=O) groups excluding carboxylic acids is 2. The molecule has 0 aliphatic heterocycles. The van der Waals surface area contributed by atoms with Crippen LogP contribution in [-0.4, -0.2) is 29.8 Å². The zero-order valence-corrected chi connectivity index (χ0v) is 13.9. The highest BCUT2D eigenvalue weighted by Gasteiger charge is 2.20.